The lowest BCUT2D eigenvalue weighted by Crippen LogP contribution is -2.44. The average Bonchev–Trinajstić information content (AvgIpc) is 2.54. The van der Waals surface area contributed by atoms with Crippen molar-refractivity contribution in [2.24, 2.45) is 5.92 Å². The van der Waals surface area contributed by atoms with Crippen LogP contribution >= 0.6 is 11.6 Å². The Morgan fingerprint density at radius 1 is 1.38 bits per heavy atom. The molecule has 1 saturated heterocycles. The molecule has 0 bridgehead atoms. The second-order valence-electron chi connectivity index (χ2n) is 6.38. The van der Waals surface area contributed by atoms with Crippen molar-refractivity contribution in [2.45, 2.75) is 44.9 Å². The van der Waals surface area contributed by atoms with E-state index in [1.165, 1.54) is 4.31 Å². The molecule has 0 aromatic heterocycles. The molecular formula is C17H25ClN2O3S. The molecule has 1 fully saturated rings. The van der Waals surface area contributed by atoms with E-state index in [0.717, 1.165) is 6.42 Å². The van der Waals surface area contributed by atoms with Gasteiger partial charge >= 0.3 is 0 Å². The molecule has 7 heteroatoms. The minimum absolute atomic E-state index is 0.0382. The number of rotatable bonds is 6. The third-order valence-corrected chi connectivity index (χ3v) is 6.54. The third-order valence-electron chi connectivity index (χ3n) is 4.46. The highest BCUT2D eigenvalue weighted by atomic mass is 35.5. The Hall–Kier alpha value is -1.11. The first-order valence-electron chi connectivity index (χ1n) is 8.34. The lowest BCUT2D eigenvalue weighted by Gasteiger charge is -2.31. The number of carbonyl (C=O) groups excluding carboxylic acids is 1. The number of sulfonamides is 1. The number of nitrogens with one attached hydrogen (secondary N) is 1. The number of hydrogen-bond donors (Lipinski definition) is 1. The van der Waals surface area contributed by atoms with Gasteiger partial charge in [0.25, 0.3) is 0 Å². The molecule has 2 rings (SSSR count). The summed E-state index contributed by atoms with van der Waals surface area (Å²) in [6.07, 6.45) is 2.02. The van der Waals surface area contributed by atoms with E-state index in [2.05, 4.69) is 5.32 Å². The van der Waals surface area contributed by atoms with Crippen LogP contribution in [0.4, 0.5) is 0 Å². The van der Waals surface area contributed by atoms with Crippen molar-refractivity contribution < 1.29 is 13.2 Å². The molecule has 1 unspecified atom stereocenters. The number of carbonyl (C=O) groups is 1. The predicted molar refractivity (Wildman–Crippen MR) is 96.3 cm³/mol. The van der Waals surface area contributed by atoms with Crippen molar-refractivity contribution in [1.29, 1.82) is 0 Å². The molecule has 0 radical (unpaired) electrons. The minimum Gasteiger partial charge on any atom is -0.353 e. The molecule has 1 aromatic rings. The number of piperidine rings is 1. The van der Waals surface area contributed by atoms with Crippen molar-refractivity contribution in [3.63, 3.8) is 0 Å². The SMILES string of the molecule is CCC(C)NC(=O)C1CCN(S(=O)(=O)Cc2cccc(Cl)c2)CC1. The Morgan fingerprint density at radius 2 is 2.04 bits per heavy atom. The van der Waals surface area contributed by atoms with E-state index in [1.54, 1.807) is 24.3 Å². The normalized spacial score (nSPS) is 18.3. The van der Waals surface area contributed by atoms with E-state index in [-0.39, 0.29) is 23.6 Å². The number of halogens is 1. The molecule has 1 atom stereocenters. The fraction of sp³-hybridized carbons (Fsp3) is 0.588. The van der Waals surface area contributed by atoms with Crippen LogP contribution in [0.25, 0.3) is 0 Å². The highest BCUT2D eigenvalue weighted by molar-refractivity contribution is 7.88. The third kappa shape index (κ3) is 5.19. The maximum absolute atomic E-state index is 12.5. The van der Waals surface area contributed by atoms with Gasteiger partial charge in [0.05, 0.1) is 5.75 Å². The maximum Gasteiger partial charge on any atom is 0.223 e. The highest BCUT2D eigenvalue weighted by Crippen LogP contribution is 2.23. The van der Waals surface area contributed by atoms with Gasteiger partial charge in [0, 0.05) is 30.1 Å². The molecule has 1 aliphatic heterocycles. The van der Waals surface area contributed by atoms with Crippen LogP contribution in [0, 0.1) is 5.92 Å². The minimum atomic E-state index is -3.39. The van der Waals surface area contributed by atoms with Crippen molar-refractivity contribution in [2.75, 3.05) is 13.1 Å². The van der Waals surface area contributed by atoms with Crippen molar-refractivity contribution in [3.8, 4) is 0 Å². The molecule has 0 saturated carbocycles. The maximum atomic E-state index is 12.5. The van der Waals surface area contributed by atoms with Crippen LogP contribution in [0.3, 0.4) is 0 Å². The standard InChI is InChI=1S/C17H25ClN2O3S/c1-3-13(2)19-17(21)15-7-9-20(10-8-15)24(22,23)12-14-5-4-6-16(18)11-14/h4-6,11,13,15H,3,7-10,12H2,1-2H3,(H,19,21). The summed E-state index contributed by atoms with van der Waals surface area (Å²) >= 11 is 5.91. The molecule has 0 spiro atoms. The molecule has 1 heterocycles. The molecule has 1 aromatic carbocycles. The summed E-state index contributed by atoms with van der Waals surface area (Å²) in [5.74, 6) is -0.120. The topological polar surface area (TPSA) is 66.5 Å². The van der Waals surface area contributed by atoms with Crippen LogP contribution in [0.2, 0.25) is 5.02 Å². The quantitative estimate of drug-likeness (QED) is 0.834. The Kier molecular flexibility index (Phi) is 6.66. The zero-order valence-electron chi connectivity index (χ0n) is 14.2. The number of benzene rings is 1. The number of hydrogen-bond acceptors (Lipinski definition) is 3. The Balaban J connectivity index is 1.92. The van der Waals surface area contributed by atoms with E-state index in [1.807, 2.05) is 13.8 Å². The van der Waals surface area contributed by atoms with Crippen LogP contribution in [0.1, 0.15) is 38.7 Å². The lowest BCUT2D eigenvalue weighted by molar-refractivity contribution is -0.126. The Morgan fingerprint density at radius 3 is 2.62 bits per heavy atom. The smallest absolute Gasteiger partial charge is 0.223 e. The Bertz CT molecular complexity index is 670. The average molecular weight is 373 g/mol. The van der Waals surface area contributed by atoms with Crippen molar-refractivity contribution in [3.05, 3.63) is 34.9 Å². The van der Waals surface area contributed by atoms with Gasteiger partial charge in [0.1, 0.15) is 0 Å². The van der Waals surface area contributed by atoms with Crippen LogP contribution in [-0.4, -0.2) is 37.8 Å². The monoisotopic (exact) mass is 372 g/mol. The largest absolute Gasteiger partial charge is 0.353 e. The lowest BCUT2D eigenvalue weighted by atomic mass is 9.97. The van der Waals surface area contributed by atoms with Crippen LogP contribution < -0.4 is 5.32 Å². The van der Waals surface area contributed by atoms with E-state index in [0.29, 0.717) is 36.5 Å². The summed E-state index contributed by atoms with van der Waals surface area (Å²) < 4.78 is 26.6. The summed E-state index contributed by atoms with van der Waals surface area (Å²) in [5.41, 5.74) is 0.680. The summed E-state index contributed by atoms with van der Waals surface area (Å²) in [6.45, 7) is 4.78. The van der Waals surface area contributed by atoms with Gasteiger partial charge in [-0.3, -0.25) is 4.79 Å². The molecule has 24 heavy (non-hydrogen) atoms. The van der Waals surface area contributed by atoms with E-state index in [9.17, 15) is 13.2 Å². The van der Waals surface area contributed by atoms with E-state index < -0.39 is 10.0 Å². The van der Waals surface area contributed by atoms with Gasteiger partial charge in [0.15, 0.2) is 0 Å². The van der Waals surface area contributed by atoms with Gasteiger partial charge in [-0.15, -0.1) is 0 Å². The molecule has 134 valence electrons. The van der Waals surface area contributed by atoms with Crippen LogP contribution in [0.15, 0.2) is 24.3 Å². The van der Waals surface area contributed by atoms with Crippen LogP contribution in [-0.2, 0) is 20.6 Å². The first-order chi connectivity index (χ1) is 11.3. The fourth-order valence-electron chi connectivity index (χ4n) is 2.79. The van der Waals surface area contributed by atoms with Gasteiger partial charge in [-0.2, -0.15) is 0 Å². The second kappa shape index (κ2) is 8.32. The highest BCUT2D eigenvalue weighted by Gasteiger charge is 2.31. The van der Waals surface area contributed by atoms with Crippen molar-refractivity contribution in [1.82, 2.24) is 9.62 Å². The summed E-state index contributed by atoms with van der Waals surface area (Å²) in [7, 11) is -3.39. The van der Waals surface area contributed by atoms with Crippen molar-refractivity contribution >= 4 is 27.5 Å². The molecule has 5 nitrogen and oxygen atoms in total. The zero-order chi connectivity index (χ0) is 17.7. The number of amides is 1. The first kappa shape index (κ1) is 19.2. The summed E-state index contributed by atoms with van der Waals surface area (Å²) in [6, 6.07) is 7.06. The van der Waals surface area contributed by atoms with E-state index >= 15 is 0 Å². The fourth-order valence-corrected chi connectivity index (χ4v) is 4.55. The Labute approximate surface area is 149 Å². The van der Waals surface area contributed by atoms with Crippen LogP contribution in [0.5, 0.6) is 0 Å². The molecule has 1 aliphatic rings. The molecular weight excluding hydrogens is 348 g/mol. The van der Waals surface area contributed by atoms with Gasteiger partial charge in [-0.25, -0.2) is 12.7 Å². The zero-order valence-corrected chi connectivity index (χ0v) is 15.7. The van der Waals surface area contributed by atoms with E-state index in [4.69, 9.17) is 11.6 Å². The summed E-state index contributed by atoms with van der Waals surface area (Å²) in [5, 5.41) is 3.51. The molecule has 1 amide bonds. The van der Waals surface area contributed by atoms with Gasteiger partial charge in [0.2, 0.25) is 15.9 Å². The molecule has 0 aliphatic carbocycles. The van der Waals surface area contributed by atoms with Gasteiger partial charge in [-0.1, -0.05) is 30.7 Å². The van der Waals surface area contributed by atoms with Gasteiger partial charge in [-0.05, 0) is 43.9 Å². The second-order valence-corrected chi connectivity index (χ2v) is 8.78. The summed E-state index contributed by atoms with van der Waals surface area (Å²) in [4.78, 5) is 12.2. The first-order valence-corrected chi connectivity index (χ1v) is 10.3. The number of nitrogens with zero attached hydrogens (tertiary/aromatic N) is 1. The predicted octanol–water partition coefficient (Wildman–Crippen LogP) is 2.80. The molecule has 1 N–H and O–H groups in total. The van der Waals surface area contributed by atoms with Gasteiger partial charge < -0.3 is 5.32 Å².